The molecule has 0 atom stereocenters. The van der Waals surface area contributed by atoms with E-state index in [2.05, 4.69) is 0 Å². The van der Waals surface area contributed by atoms with Crippen LogP contribution in [0.5, 0.6) is 0 Å². The maximum Gasteiger partial charge on any atom is 2.00 e. The van der Waals surface area contributed by atoms with Crippen LogP contribution in [0.3, 0.4) is 0 Å². The van der Waals surface area contributed by atoms with E-state index in [1.807, 2.05) is 0 Å². The van der Waals surface area contributed by atoms with E-state index >= 15 is 0 Å². The molecule has 8 N–H and O–H groups in total. The standard InChI is InChI=1S/2C5H2N2O2.2C2H8N2.Cu/c2*6-2-1-4(3-7)5(8)9;2*3-1-2-4;/h2*1H,(H,8,9);2*1-4H2;/q;;;;+2/p-2/b2*4-1+;;;. The second-order valence-electron chi connectivity index (χ2n) is 3.33. The minimum absolute atomic E-state index is 0. The zero-order valence-corrected chi connectivity index (χ0v) is 15.0. The molecule has 1 radical (unpaired) electrons. The van der Waals surface area contributed by atoms with Gasteiger partial charge in [-0.1, -0.05) is 0 Å². The maximum atomic E-state index is 9.77. The van der Waals surface area contributed by atoms with Gasteiger partial charge in [0.1, 0.15) is 12.1 Å². The first-order chi connectivity index (χ1) is 12.3. The van der Waals surface area contributed by atoms with E-state index in [1.54, 1.807) is 0 Å². The van der Waals surface area contributed by atoms with Gasteiger partial charge >= 0.3 is 17.1 Å². The van der Waals surface area contributed by atoms with Crippen molar-refractivity contribution >= 4 is 11.9 Å². The molecule has 0 aromatic carbocycles. The van der Waals surface area contributed by atoms with E-state index in [9.17, 15) is 19.8 Å². The van der Waals surface area contributed by atoms with Crippen molar-refractivity contribution in [1.29, 1.82) is 21.0 Å². The Morgan fingerprint density at radius 2 is 0.926 bits per heavy atom. The Morgan fingerprint density at radius 1 is 0.704 bits per heavy atom. The van der Waals surface area contributed by atoms with E-state index in [1.165, 1.54) is 24.3 Å². The topological polar surface area (TPSA) is 280 Å². The molecule has 0 aromatic rings. The van der Waals surface area contributed by atoms with Gasteiger partial charge in [-0.2, -0.15) is 21.0 Å². The van der Waals surface area contributed by atoms with Crippen LogP contribution in [0.25, 0.3) is 0 Å². The molecule has 0 saturated carbocycles. The molecule has 0 aliphatic rings. The molecule has 0 spiro atoms. The van der Waals surface area contributed by atoms with E-state index in [4.69, 9.17) is 44.0 Å². The van der Waals surface area contributed by atoms with Crippen LogP contribution < -0.4 is 33.1 Å². The van der Waals surface area contributed by atoms with Crippen molar-refractivity contribution in [3.05, 3.63) is 23.3 Å². The van der Waals surface area contributed by atoms with E-state index in [-0.39, 0.29) is 17.1 Å². The van der Waals surface area contributed by atoms with Gasteiger partial charge in [-0.05, 0) is 0 Å². The van der Waals surface area contributed by atoms with Crippen LogP contribution in [0.2, 0.25) is 0 Å². The first-order valence-electron chi connectivity index (χ1n) is 6.50. The fourth-order valence-corrected chi connectivity index (χ4v) is 0.403. The third-order valence-corrected chi connectivity index (χ3v) is 1.43. The fourth-order valence-electron chi connectivity index (χ4n) is 0.403. The first-order valence-corrected chi connectivity index (χ1v) is 6.50. The summed E-state index contributed by atoms with van der Waals surface area (Å²) in [6, 6.07) is 5.35. The molecule has 149 valence electrons. The van der Waals surface area contributed by atoms with Gasteiger partial charge in [0.25, 0.3) is 0 Å². The number of carbonyl (C=O) groups excluding carboxylic acids is 2. The van der Waals surface area contributed by atoms with Crippen molar-refractivity contribution in [1.82, 2.24) is 0 Å². The second kappa shape index (κ2) is 30.6. The Labute approximate surface area is 167 Å². The van der Waals surface area contributed by atoms with Crippen molar-refractivity contribution in [2.75, 3.05) is 26.2 Å². The van der Waals surface area contributed by atoms with Crippen LogP contribution in [-0.4, -0.2) is 38.1 Å². The Morgan fingerprint density at radius 3 is 0.963 bits per heavy atom. The molecule has 0 saturated heterocycles. The summed E-state index contributed by atoms with van der Waals surface area (Å²) in [5.74, 6) is -3.25. The number of carbonyl (C=O) groups is 2. The molecule has 0 unspecified atom stereocenters. The maximum absolute atomic E-state index is 9.77. The Balaban J connectivity index is -0.0000000843. The first kappa shape index (κ1) is 35.0. The van der Waals surface area contributed by atoms with Crippen LogP contribution in [-0.2, 0) is 26.7 Å². The van der Waals surface area contributed by atoms with Gasteiger partial charge in [-0.3, -0.25) is 0 Å². The van der Waals surface area contributed by atoms with E-state index in [0.717, 1.165) is 0 Å². The molecular formula is C14H18CuN8O4. The van der Waals surface area contributed by atoms with Crippen molar-refractivity contribution in [2.24, 2.45) is 22.9 Å². The minimum atomic E-state index is -1.63. The van der Waals surface area contributed by atoms with E-state index in [0.29, 0.717) is 38.3 Å². The number of aliphatic carboxylic acids is 2. The number of nitrogens with zero attached hydrogens (tertiary/aromatic N) is 4. The summed E-state index contributed by atoms with van der Waals surface area (Å²) < 4.78 is 0. The van der Waals surface area contributed by atoms with Crippen LogP contribution in [0.15, 0.2) is 23.3 Å². The molecule has 0 aliphatic carbocycles. The van der Waals surface area contributed by atoms with Gasteiger partial charge < -0.3 is 42.7 Å². The van der Waals surface area contributed by atoms with Crippen molar-refractivity contribution in [2.45, 2.75) is 0 Å². The summed E-state index contributed by atoms with van der Waals surface area (Å²) in [5.41, 5.74) is 18.3. The predicted molar refractivity (Wildman–Crippen MR) is 84.8 cm³/mol. The molecule has 27 heavy (non-hydrogen) atoms. The molecule has 0 aromatic heterocycles. The van der Waals surface area contributed by atoms with Gasteiger partial charge in [0, 0.05) is 38.3 Å². The molecule has 0 bridgehead atoms. The third kappa shape index (κ3) is 34.9. The van der Waals surface area contributed by atoms with Crippen LogP contribution in [0.4, 0.5) is 0 Å². The quantitative estimate of drug-likeness (QED) is 0.187. The Kier molecular flexibility index (Phi) is 39.6. The number of nitrogens with two attached hydrogens (primary N) is 4. The number of allylic oxidation sites excluding steroid dienone is 2. The normalized spacial score (nSPS) is 8.44. The van der Waals surface area contributed by atoms with Gasteiger partial charge in [-0.25, -0.2) is 0 Å². The van der Waals surface area contributed by atoms with Crippen molar-refractivity contribution < 1.29 is 36.9 Å². The van der Waals surface area contributed by atoms with Crippen LogP contribution >= 0.6 is 0 Å². The number of hydrogen-bond donors (Lipinski definition) is 4. The summed E-state index contributed by atoms with van der Waals surface area (Å²) in [6.45, 7) is 2.39. The number of carboxylic acids is 2. The van der Waals surface area contributed by atoms with Gasteiger partial charge in [0.2, 0.25) is 0 Å². The smallest absolute Gasteiger partial charge is 0.544 e. The predicted octanol–water partition coefficient (Wildman–Crippen LogP) is -4.78. The molecule has 13 heteroatoms. The van der Waals surface area contributed by atoms with Crippen molar-refractivity contribution in [3.63, 3.8) is 0 Å². The average molecular weight is 426 g/mol. The summed E-state index contributed by atoms with van der Waals surface area (Å²) in [5, 5.41) is 51.1. The zero-order chi connectivity index (χ0) is 21.4. The number of nitriles is 4. The SMILES string of the molecule is N#C/C=C(\C#N)C(=O)[O-].N#C/C=C(\C#N)C(=O)[O-].NCCN.NCCN.[Cu+2]. The number of hydrogen-bond acceptors (Lipinski definition) is 12. The molecule has 0 amide bonds. The molecule has 12 nitrogen and oxygen atoms in total. The van der Waals surface area contributed by atoms with Gasteiger partial charge in [0.05, 0.1) is 35.2 Å². The van der Waals surface area contributed by atoms with Gasteiger partial charge in [0.15, 0.2) is 0 Å². The summed E-state index contributed by atoms with van der Waals surface area (Å²) in [7, 11) is 0. The Bertz CT molecular complexity index is 575. The summed E-state index contributed by atoms with van der Waals surface area (Å²) >= 11 is 0. The molecule has 0 heterocycles. The molecule has 0 fully saturated rings. The monoisotopic (exact) mass is 425 g/mol. The molecule has 0 aliphatic heterocycles. The molecule has 0 rings (SSSR count). The largest absolute Gasteiger partial charge is 2.00 e. The van der Waals surface area contributed by atoms with Gasteiger partial charge in [-0.15, -0.1) is 0 Å². The van der Waals surface area contributed by atoms with Crippen LogP contribution in [0, 0.1) is 45.3 Å². The van der Waals surface area contributed by atoms with E-state index < -0.39 is 23.1 Å². The fraction of sp³-hybridized carbons (Fsp3) is 0.286. The second-order valence-corrected chi connectivity index (χ2v) is 3.33. The van der Waals surface area contributed by atoms with Crippen LogP contribution in [0.1, 0.15) is 0 Å². The Hall–Kier alpha value is -3.26. The zero-order valence-electron chi connectivity index (χ0n) is 14.0. The summed E-state index contributed by atoms with van der Waals surface area (Å²) in [4.78, 5) is 19.5. The number of carboxylic acid groups (broad SMARTS) is 2. The average Bonchev–Trinajstić information content (AvgIpc) is 2.64. The van der Waals surface area contributed by atoms with Crippen molar-refractivity contribution in [3.8, 4) is 24.3 Å². The minimum Gasteiger partial charge on any atom is -0.544 e. The molecular weight excluding hydrogens is 408 g/mol. The third-order valence-electron chi connectivity index (χ3n) is 1.43. The number of rotatable bonds is 4. The summed E-state index contributed by atoms with van der Waals surface area (Å²) in [6.07, 6.45) is 1.24.